The summed E-state index contributed by atoms with van der Waals surface area (Å²) in [6.07, 6.45) is 1.71. The van der Waals surface area contributed by atoms with E-state index in [1.165, 1.54) is 6.07 Å². The van der Waals surface area contributed by atoms with Gasteiger partial charge in [-0.1, -0.05) is 13.5 Å². The summed E-state index contributed by atoms with van der Waals surface area (Å²) in [7, 11) is -4.39. The van der Waals surface area contributed by atoms with Crippen LogP contribution in [0.1, 0.15) is 44.2 Å². The lowest BCUT2D eigenvalue weighted by atomic mass is 9.49. The first-order valence-corrected chi connectivity index (χ1v) is 14.3. The molecule has 208 valence electrons. The number of phenols is 1. The van der Waals surface area contributed by atoms with Gasteiger partial charge in [0.15, 0.2) is 17.6 Å². The van der Waals surface area contributed by atoms with Crippen LogP contribution in [0.5, 0.6) is 11.5 Å². The number of phenolic OH excluding ortho intramolecular Hbond substituents is 1. The van der Waals surface area contributed by atoms with Gasteiger partial charge < -0.3 is 20.1 Å². The summed E-state index contributed by atoms with van der Waals surface area (Å²) in [5.74, 6) is -1.55. The molecule has 2 bridgehead atoms. The number of aliphatic hydroxyl groups is 2. The first-order valence-electron chi connectivity index (χ1n) is 12.8. The van der Waals surface area contributed by atoms with Crippen molar-refractivity contribution in [2.75, 3.05) is 13.1 Å². The van der Waals surface area contributed by atoms with E-state index in [0.717, 1.165) is 49.2 Å². The number of aliphatic hydroxyl groups excluding tert-OH is 1. The molecule has 2 aromatic rings. The van der Waals surface area contributed by atoms with Gasteiger partial charge in [0.25, 0.3) is 15.9 Å². The summed E-state index contributed by atoms with van der Waals surface area (Å²) in [5.41, 5.74) is -1.35. The average Bonchev–Trinajstić information content (AvgIpc) is 3.61. The fraction of sp³-hybridized carbons (Fsp3) is 0.464. The van der Waals surface area contributed by atoms with Crippen molar-refractivity contribution in [3.63, 3.8) is 0 Å². The van der Waals surface area contributed by atoms with Crippen LogP contribution in [0, 0.1) is 11.7 Å². The van der Waals surface area contributed by atoms with Crippen molar-refractivity contribution in [3.05, 3.63) is 64.7 Å². The normalized spacial score (nSPS) is 30.7. The van der Waals surface area contributed by atoms with Gasteiger partial charge in [-0.25, -0.2) is 17.5 Å². The average molecular weight is 559 g/mol. The van der Waals surface area contributed by atoms with Gasteiger partial charge in [0.2, 0.25) is 0 Å². The second-order valence-electron chi connectivity index (χ2n) is 11.2. The lowest BCUT2D eigenvalue weighted by Gasteiger charge is -2.62. The lowest BCUT2D eigenvalue weighted by Crippen LogP contribution is -2.75. The predicted octanol–water partition coefficient (Wildman–Crippen LogP) is 2.66. The number of halogens is 1. The number of amides is 1. The fourth-order valence-electron chi connectivity index (χ4n) is 7.22. The molecule has 1 amide bonds. The van der Waals surface area contributed by atoms with E-state index >= 15 is 0 Å². The largest absolute Gasteiger partial charge is 0.508 e. The summed E-state index contributed by atoms with van der Waals surface area (Å²) in [4.78, 5) is 15.3. The highest BCUT2D eigenvalue weighted by Crippen LogP contribution is 2.66. The zero-order valence-corrected chi connectivity index (χ0v) is 21.2. The topological polar surface area (TPSA) is 136 Å². The van der Waals surface area contributed by atoms with Crippen molar-refractivity contribution in [1.29, 1.82) is 0 Å². The van der Waals surface area contributed by atoms with E-state index in [0.29, 0.717) is 30.9 Å². The molecule has 7 rings (SSSR count). The smallest absolute Gasteiger partial charge is 0.264 e. The second kappa shape index (κ2) is 8.42. The standard InChI is InChI=1S/C27H27FN2O7S.CH4/c28-16-4-6-17(7-5-16)38(35,36)29-25(33)18-12-27(34)20-11-15-3-8-19(31)23-21(15)26(27,24(37-23)22(18)32)9-10-30(20)13-14-1-2-14;/h3-8,14,20,24,31-32,34H,1-2,9-13H2,(H,29,33);1H4/t20-,24+,26+,27-;/m1./s1. The third-order valence-electron chi connectivity index (χ3n) is 9.14. The third kappa shape index (κ3) is 3.49. The van der Waals surface area contributed by atoms with Crippen LogP contribution in [-0.2, 0) is 26.7 Å². The number of hydrogen-bond acceptors (Lipinski definition) is 8. The van der Waals surface area contributed by atoms with E-state index in [1.54, 1.807) is 0 Å². The minimum absolute atomic E-state index is 0. The molecule has 2 fully saturated rings. The minimum Gasteiger partial charge on any atom is -0.508 e. The Labute approximate surface area is 226 Å². The Balaban J connectivity index is 0.00000277. The summed E-state index contributed by atoms with van der Waals surface area (Å²) in [6, 6.07) is 6.97. The van der Waals surface area contributed by atoms with Gasteiger partial charge in [-0.15, -0.1) is 0 Å². The van der Waals surface area contributed by atoms with Crippen molar-refractivity contribution < 1.29 is 37.7 Å². The van der Waals surface area contributed by atoms with Gasteiger partial charge in [0.05, 0.1) is 21.5 Å². The molecule has 5 aliphatic rings. The summed E-state index contributed by atoms with van der Waals surface area (Å²) >= 11 is 0. The molecule has 4 atom stereocenters. The van der Waals surface area contributed by atoms with E-state index in [-0.39, 0.29) is 35.8 Å². The van der Waals surface area contributed by atoms with Crippen molar-refractivity contribution in [2.45, 2.75) is 67.6 Å². The summed E-state index contributed by atoms with van der Waals surface area (Å²) in [6.45, 7) is 1.47. The van der Waals surface area contributed by atoms with E-state index in [9.17, 15) is 32.9 Å². The molecule has 2 aromatic carbocycles. The highest BCUT2D eigenvalue weighted by molar-refractivity contribution is 7.90. The fourth-order valence-corrected chi connectivity index (χ4v) is 8.20. The zero-order valence-electron chi connectivity index (χ0n) is 20.4. The van der Waals surface area contributed by atoms with Gasteiger partial charge in [-0.05, 0) is 74.0 Å². The number of nitrogens with zero attached hydrogens (tertiary/aromatic N) is 1. The van der Waals surface area contributed by atoms with Crippen LogP contribution in [0.3, 0.4) is 0 Å². The number of carbonyl (C=O) groups is 1. The quantitative estimate of drug-likeness (QED) is 0.440. The highest BCUT2D eigenvalue weighted by Gasteiger charge is 2.73. The van der Waals surface area contributed by atoms with E-state index in [2.05, 4.69) is 4.90 Å². The number of hydrogen-bond donors (Lipinski definition) is 4. The van der Waals surface area contributed by atoms with Gasteiger partial charge in [-0.2, -0.15) is 0 Å². The van der Waals surface area contributed by atoms with Gasteiger partial charge in [-0.3, -0.25) is 9.69 Å². The summed E-state index contributed by atoms with van der Waals surface area (Å²) in [5, 5.41) is 34.6. The molecular formula is C28H31FN2O7S. The van der Waals surface area contributed by atoms with Crippen LogP contribution in [0.15, 0.2) is 52.6 Å². The zero-order chi connectivity index (χ0) is 26.6. The molecular weight excluding hydrogens is 527 g/mol. The van der Waals surface area contributed by atoms with Crippen molar-refractivity contribution in [1.82, 2.24) is 9.62 Å². The lowest BCUT2D eigenvalue weighted by molar-refractivity contribution is -0.172. The van der Waals surface area contributed by atoms with E-state index in [1.807, 2.05) is 10.8 Å². The number of carbonyl (C=O) groups excluding carboxylic acids is 1. The number of benzene rings is 2. The number of rotatable bonds is 5. The van der Waals surface area contributed by atoms with Crippen molar-refractivity contribution in [3.8, 4) is 11.5 Å². The number of nitrogens with one attached hydrogen (secondary N) is 1. The van der Waals surface area contributed by atoms with E-state index in [4.69, 9.17) is 4.74 Å². The first kappa shape index (κ1) is 26.1. The van der Waals surface area contributed by atoms with Gasteiger partial charge >= 0.3 is 0 Å². The maximum absolute atomic E-state index is 13.4. The SMILES string of the molecule is C.O=C(NS(=O)(=O)c1ccc(F)cc1)C1=C(O)[C@@H]2Oc3c(O)ccc4c3[C@@]23CCN(CC2CC2)[C@H](C4)[C@]3(O)C1. The summed E-state index contributed by atoms with van der Waals surface area (Å²) < 4.78 is 47.1. The van der Waals surface area contributed by atoms with Crippen LogP contribution in [0.25, 0.3) is 0 Å². The van der Waals surface area contributed by atoms with Crippen molar-refractivity contribution in [2.24, 2.45) is 5.92 Å². The van der Waals surface area contributed by atoms with Crippen LogP contribution >= 0.6 is 0 Å². The van der Waals surface area contributed by atoms with Crippen LogP contribution < -0.4 is 9.46 Å². The molecule has 1 saturated heterocycles. The first-order chi connectivity index (χ1) is 18.0. The predicted molar refractivity (Wildman–Crippen MR) is 138 cm³/mol. The molecule has 11 heteroatoms. The monoisotopic (exact) mass is 558 g/mol. The molecule has 2 aliphatic heterocycles. The Kier molecular flexibility index (Phi) is 5.64. The molecule has 0 unspecified atom stereocenters. The molecule has 0 radical (unpaired) electrons. The Bertz CT molecular complexity index is 1520. The minimum atomic E-state index is -4.39. The maximum atomic E-state index is 13.4. The molecule has 2 heterocycles. The maximum Gasteiger partial charge on any atom is 0.264 e. The van der Waals surface area contributed by atoms with E-state index < -0.39 is 50.7 Å². The Hall–Kier alpha value is -3.15. The number of ether oxygens (including phenoxy) is 1. The molecule has 4 N–H and O–H groups in total. The number of sulfonamides is 1. The van der Waals surface area contributed by atoms with Crippen LogP contribution in [-0.4, -0.2) is 65.4 Å². The van der Waals surface area contributed by atoms with Crippen molar-refractivity contribution >= 4 is 15.9 Å². The highest BCUT2D eigenvalue weighted by atomic mass is 32.2. The molecule has 1 spiro atoms. The molecule has 3 aliphatic carbocycles. The van der Waals surface area contributed by atoms with Crippen LogP contribution in [0.4, 0.5) is 4.39 Å². The second-order valence-corrected chi connectivity index (χ2v) is 12.9. The van der Waals surface area contributed by atoms with Crippen LogP contribution in [0.2, 0.25) is 0 Å². The molecule has 39 heavy (non-hydrogen) atoms. The third-order valence-corrected chi connectivity index (χ3v) is 10.5. The molecule has 0 aromatic heterocycles. The molecule has 9 nitrogen and oxygen atoms in total. The number of aromatic hydroxyl groups is 1. The molecule has 1 saturated carbocycles. The Morgan fingerprint density at radius 3 is 2.56 bits per heavy atom. The Morgan fingerprint density at radius 1 is 1.15 bits per heavy atom. The number of likely N-dealkylation sites (tertiary alicyclic amines) is 1. The van der Waals surface area contributed by atoms with Gasteiger partial charge in [0, 0.05) is 24.6 Å². The number of piperidine rings is 1. The Morgan fingerprint density at radius 2 is 1.87 bits per heavy atom. The van der Waals surface area contributed by atoms with Gasteiger partial charge in [0.1, 0.15) is 11.6 Å².